The third-order valence-electron chi connectivity index (χ3n) is 4.44. The van der Waals surface area contributed by atoms with E-state index in [4.69, 9.17) is 4.74 Å². The van der Waals surface area contributed by atoms with Crippen LogP contribution in [0.3, 0.4) is 0 Å². The Bertz CT molecular complexity index is 1150. The minimum atomic E-state index is -0.343. The lowest BCUT2D eigenvalue weighted by atomic mass is 10.1. The summed E-state index contributed by atoms with van der Waals surface area (Å²) in [6.45, 7) is 2.51. The number of nitrogens with one attached hydrogen (secondary N) is 3. The monoisotopic (exact) mass is 389 g/mol. The second-order valence-corrected chi connectivity index (χ2v) is 6.53. The largest absolute Gasteiger partial charge is 0.494 e. The number of hydrogen-bond acceptors (Lipinski definition) is 2. The Morgan fingerprint density at radius 1 is 0.966 bits per heavy atom. The molecule has 0 saturated carbocycles. The minimum absolute atomic E-state index is 0.274. The molecule has 6 heteroatoms. The molecule has 0 unspecified atom stereocenters. The number of H-pyrrole nitrogens is 1. The van der Waals surface area contributed by atoms with E-state index >= 15 is 0 Å². The van der Waals surface area contributed by atoms with Crippen molar-refractivity contribution in [2.75, 3.05) is 17.2 Å². The van der Waals surface area contributed by atoms with Gasteiger partial charge in [0.25, 0.3) is 0 Å². The van der Waals surface area contributed by atoms with Crippen molar-refractivity contribution in [2.24, 2.45) is 0 Å². The van der Waals surface area contributed by atoms with Crippen LogP contribution in [0.25, 0.3) is 22.2 Å². The van der Waals surface area contributed by atoms with Gasteiger partial charge in [0.15, 0.2) is 0 Å². The van der Waals surface area contributed by atoms with E-state index in [0.717, 1.165) is 27.9 Å². The number of carbonyl (C=O) groups excluding carboxylic acids is 1. The predicted molar refractivity (Wildman–Crippen MR) is 114 cm³/mol. The van der Waals surface area contributed by atoms with E-state index in [1.165, 1.54) is 12.1 Å². The predicted octanol–water partition coefficient (Wildman–Crippen LogP) is 6.02. The highest BCUT2D eigenvalue weighted by molar-refractivity contribution is 6.00. The molecular formula is C23H20FN3O2. The Labute approximate surface area is 167 Å². The van der Waals surface area contributed by atoms with Crippen LogP contribution in [0, 0.1) is 5.82 Å². The number of anilines is 2. The van der Waals surface area contributed by atoms with Gasteiger partial charge in [-0.2, -0.15) is 0 Å². The number of carbonyl (C=O) groups is 1. The van der Waals surface area contributed by atoms with Crippen molar-refractivity contribution in [1.29, 1.82) is 0 Å². The molecule has 4 rings (SSSR count). The van der Waals surface area contributed by atoms with Gasteiger partial charge in [0, 0.05) is 33.5 Å². The Kier molecular flexibility index (Phi) is 5.16. The normalized spacial score (nSPS) is 10.7. The van der Waals surface area contributed by atoms with Crippen LogP contribution < -0.4 is 15.4 Å². The molecule has 0 fully saturated rings. The maximum atomic E-state index is 13.4. The molecule has 0 atom stereocenters. The molecule has 0 aliphatic heterocycles. The van der Waals surface area contributed by atoms with Crippen LogP contribution in [0.15, 0.2) is 72.8 Å². The number of amides is 2. The second kappa shape index (κ2) is 8.06. The first kappa shape index (κ1) is 18.6. The number of rotatable bonds is 5. The van der Waals surface area contributed by atoms with Crippen molar-refractivity contribution < 1.29 is 13.9 Å². The maximum Gasteiger partial charge on any atom is 0.323 e. The fraction of sp³-hybridized carbons (Fsp3) is 0.0870. The molecule has 3 N–H and O–H groups in total. The zero-order valence-corrected chi connectivity index (χ0v) is 15.8. The standard InChI is InChI=1S/C23H20FN3O2/c1-2-29-20-9-7-18(8-10-20)25-23(28)26-19-5-3-4-15(13-19)22-14-16-12-17(24)6-11-21(16)27-22/h3-14,27H,2H2,1H3,(H2,25,26,28). The van der Waals surface area contributed by atoms with Gasteiger partial charge in [-0.05, 0) is 67.6 Å². The molecule has 0 bridgehead atoms. The summed E-state index contributed by atoms with van der Waals surface area (Å²) in [6, 6.07) is 20.8. The average molecular weight is 389 g/mol. The highest BCUT2D eigenvalue weighted by atomic mass is 19.1. The number of hydrogen-bond donors (Lipinski definition) is 3. The van der Waals surface area contributed by atoms with Crippen molar-refractivity contribution in [3.8, 4) is 17.0 Å². The fourth-order valence-corrected chi connectivity index (χ4v) is 3.12. The van der Waals surface area contributed by atoms with Gasteiger partial charge in [0.2, 0.25) is 0 Å². The molecule has 0 aliphatic carbocycles. The molecule has 1 aromatic heterocycles. The topological polar surface area (TPSA) is 66.2 Å². The Morgan fingerprint density at radius 2 is 1.76 bits per heavy atom. The Morgan fingerprint density at radius 3 is 2.55 bits per heavy atom. The van der Waals surface area contributed by atoms with Crippen molar-refractivity contribution in [1.82, 2.24) is 4.98 Å². The molecule has 0 radical (unpaired) electrons. The Balaban J connectivity index is 1.47. The summed E-state index contributed by atoms with van der Waals surface area (Å²) in [7, 11) is 0. The summed E-state index contributed by atoms with van der Waals surface area (Å²) < 4.78 is 18.8. The number of benzene rings is 3. The molecular weight excluding hydrogens is 369 g/mol. The molecule has 4 aromatic rings. The number of urea groups is 1. The first-order valence-corrected chi connectivity index (χ1v) is 9.30. The number of ether oxygens (including phenoxy) is 1. The van der Waals surface area contributed by atoms with Crippen LogP contribution in [0.5, 0.6) is 5.75 Å². The van der Waals surface area contributed by atoms with Gasteiger partial charge in [-0.1, -0.05) is 12.1 Å². The van der Waals surface area contributed by atoms with Crippen molar-refractivity contribution >= 4 is 28.3 Å². The number of aromatic nitrogens is 1. The van der Waals surface area contributed by atoms with Crippen LogP contribution in [0.4, 0.5) is 20.6 Å². The molecule has 5 nitrogen and oxygen atoms in total. The lowest BCUT2D eigenvalue weighted by molar-refractivity contribution is 0.262. The molecule has 0 aliphatic rings. The van der Waals surface area contributed by atoms with E-state index in [2.05, 4.69) is 15.6 Å². The van der Waals surface area contributed by atoms with Crippen LogP contribution in [-0.2, 0) is 0 Å². The molecule has 0 saturated heterocycles. The third kappa shape index (κ3) is 4.38. The van der Waals surface area contributed by atoms with Gasteiger partial charge < -0.3 is 20.4 Å². The highest BCUT2D eigenvalue weighted by Gasteiger charge is 2.07. The third-order valence-corrected chi connectivity index (χ3v) is 4.44. The van der Waals surface area contributed by atoms with Crippen LogP contribution in [0.2, 0.25) is 0 Å². The molecule has 1 heterocycles. The first-order chi connectivity index (χ1) is 14.1. The van der Waals surface area contributed by atoms with E-state index in [1.54, 1.807) is 30.3 Å². The average Bonchev–Trinajstić information content (AvgIpc) is 3.13. The van der Waals surface area contributed by atoms with E-state index in [-0.39, 0.29) is 11.8 Å². The summed E-state index contributed by atoms with van der Waals surface area (Å²) in [4.78, 5) is 15.6. The van der Waals surface area contributed by atoms with E-state index in [1.807, 2.05) is 37.3 Å². The van der Waals surface area contributed by atoms with Gasteiger partial charge in [-0.3, -0.25) is 0 Å². The van der Waals surface area contributed by atoms with Crippen molar-refractivity contribution in [3.63, 3.8) is 0 Å². The SMILES string of the molecule is CCOc1ccc(NC(=O)Nc2cccc(-c3cc4cc(F)ccc4[nH]3)c2)cc1. The van der Waals surface area contributed by atoms with E-state index < -0.39 is 0 Å². The van der Waals surface area contributed by atoms with Crippen molar-refractivity contribution in [2.45, 2.75) is 6.92 Å². The molecule has 0 spiro atoms. The lowest BCUT2D eigenvalue weighted by Crippen LogP contribution is -2.19. The zero-order valence-electron chi connectivity index (χ0n) is 15.8. The first-order valence-electron chi connectivity index (χ1n) is 9.30. The number of aromatic amines is 1. The van der Waals surface area contributed by atoms with Crippen LogP contribution in [-0.4, -0.2) is 17.6 Å². The molecule has 146 valence electrons. The Hall–Kier alpha value is -3.80. The fourth-order valence-electron chi connectivity index (χ4n) is 3.12. The van der Waals surface area contributed by atoms with Crippen LogP contribution >= 0.6 is 0 Å². The quantitative estimate of drug-likeness (QED) is 0.391. The van der Waals surface area contributed by atoms with Gasteiger partial charge in [-0.25, -0.2) is 9.18 Å². The number of fused-ring (bicyclic) bond motifs is 1. The highest BCUT2D eigenvalue weighted by Crippen LogP contribution is 2.26. The van der Waals surface area contributed by atoms with Gasteiger partial charge in [0.1, 0.15) is 11.6 Å². The minimum Gasteiger partial charge on any atom is -0.494 e. The molecule has 2 amide bonds. The van der Waals surface area contributed by atoms with E-state index in [9.17, 15) is 9.18 Å². The number of halogens is 1. The van der Waals surface area contributed by atoms with E-state index in [0.29, 0.717) is 18.0 Å². The van der Waals surface area contributed by atoms with Gasteiger partial charge >= 0.3 is 6.03 Å². The smallest absolute Gasteiger partial charge is 0.323 e. The van der Waals surface area contributed by atoms with Gasteiger partial charge in [-0.15, -0.1) is 0 Å². The molecule has 3 aromatic carbocycles. The van der Waals surface area contributed by atoms with Crippen LogP contribution in [0.1, 0.15) is 6.92 Å². The summed E-state index contributed by atoms with van der Waals surface area (Å²) in [6.07, 6.45) is 0. The zero-order chi connectivity index (χ0) is 20.2. The molecule has 29 heavy (non-hydrogen) atoms. The summed E-state index contributed by atoms with van der Waals surface area (Å²) >= 11 is 0. The summed E-state index contributed by atoms with van der Waals surface area (Å²) in [5.74, 6) is 0.480. The van der Waals surface area contributed by atoms with Gasteiger partial charge in [0.05, 0.1) is 6.61 Å². The van der Waals surface area contributed by atoms with Crippen molar-refractivity contribution in [3.05, 3.63) is 78.6 Å². The maximum absolute atomic E-state index is 13.4. The lowest BCUT2D eigenvalue weighted by Gasteiger charge is -2.09. The summed E-state index contributed by atoms with van der Waals surface area (Å²) in [5.41, 5.74) is 3.91. The second-order valence-electron chi connectivity index (χ2n) is 6.53. The summed E-state index contributed by atoms with van der Waals surface area (Å²) in [5, 5.41) is 6.42.